The molecule has 0 amide bonds. The Morgan fingerprint density at radius 3 is 1.71 bits per heavy atom. The SMILES string of the molecule is c1ccc2c(c1)CCc1ccccc1C2=C1CCSCC1. The van der Waals surface area contributed by atoms with Crippen molar-refractivity contribution in [2.45, 2.75) is 25.7 Å². The molecule has 1 saturated heterocycles. The van der Waals surface area contributed by atoms with Gasteiger partial charge in [-0.05, 0) is 65.0 Å². The lowest BCUT2D eigenvalue weighted by molar-refractivity contribution is 0.965. The van der Waals surface area contributed by atoms with Gasteiger partial charge in [0.1, 0.15) is 0 Å². The van der Waals surface area contributed by atoms with Crippen molar-refractivity contribution in [2.75, 3.05) is 11.5 Å². The van der Waals surface area contributed by atoms with Gasteiger partial charge in [0.15, 0.2) is 0 Å². The zero-order valence-corrected chi connectivity index (χ0v) is 13.1. The second-order valence-corrected chi connectivity index (χ2v) is 7.13. The van der Waals surface area contributed by atoms with E-state index in [9.17, 15) is 0 Å². The van der Waals surface area contributed by atoms with E-state index in [-0.39, 0.29) is 0 Å². The summed E-state index contributed by atoms with van der Waals surface area (Å²) in [6.45, 7) is 0. The molecule has 0 atom stereocenters. The van der Waals surface area contributed by atoms with Gasteiger partial charge in [0.2, 0.25) is 0 Å². The number of rotatable bonds is 0. The third-order valence-corrected chi connectivity index (χ3v) is 5.67. The number of hydrogen-bond donors (Lipinski definition) is 0. The number of hydrogen-bond acceptors (Lipinski definition) is 1. The van der Waals surface area contributed by atoms with E-state index in [2.05, 4.69) is 60.3 Å². The van der Waals surface area contributed by atoms with Gasteiger partial charge in [-0.2, -0.15) is 11.8 Å². The van der Waals surface area contributed by atoms with Crippen LogP contribution in [0.4, 0.5) is 0 Å². The summed E-state index contributed by atoms with van der Waals surface area (Å²) in [7, 11) is 0. The van der Waals surface area contributed by atoms with E-state index >= 15 is 0 Å². The summed E-state index contributed by atoms with van der Waals surface area (Å²) in [4.78, 5) is 0. The van der Waals surface area contributed by atoms with E-state index in [4.69, 9.17) is 0 Å². The van der Waals surface area contributed by atoms with Crippen molar-refractivity contribution >= 4 is 17.3 Å². The van der Waals surface area contributed by atoms with E-state index in [1.165, 1.54) is 59.4 Å². The fourth-order valence-corrected chi connectivity index (χ4v) is 4.61. The van der Waals surface area contributed by atoms with Crippen LogP contribution in [0.2, 0.25) is 0 Å². The molecule has 4 rings (SSSR count). The summed E-state index contributed by atoms with van der Waals surface area (Å²) in [5.74, 6) is 2.56. The lowest BCUT2D eigenvalue weighted by atomic mass is 9.88. The fraction of sp³-hybridized carbons (Fsp3) is 0.300. The van der Waals surface area contributed by atoms with Crippen LogP contribution in [0.5, 0.6) is 0 Å². The van der Waals surface area contributed by atoms with Gasteiger partial charge in [-0.25, -0.2) is 0 Å². The molecule has 0 saturated carbocycles. The highest BCUT2D eigenvalue weighted by atomic mass is 32.2. The zero-order chi connectivity index (χ0) is 14.1. The molecule has 2 aliphatic rings. The maximum absolute atomic E-state index is 2.33. The zero-order valence-electron chi connectivity index (χ0n) is 12.3. The van der Waals surface area contributed by atoms with Crippen LogP contribution in [-0.2, 0) is 12.8 Å². The first-order valence-electron chi connectivity index (χ1n) is 7.90. The van der Waals surface area contributed by atoms with Crippen molar-refractivity contribution in [2.24, 2.45) is 0 Å². The van der Waals surface area contributed by atoms with Crippen LogP contribution in [0.15, 0.2) is 54.1 Å². The van der Waals surface area contributed by atoms with Crippen LogP contribution in [0.1, 0.15) is 35.1 Å². The van der Waals surface area contributed by atoms with Crippen molar-refractivity contribution in [3.8, 4) is 0 Å². The van der Waals surface area contributed by atoms with Crippen LogP contribution in [0.3, 0.4) is 0 Å². The topological polar surface area (TPSA) is 0 Å². The first kappa shape index (κ1) is 13.2. The van der Waals surface area contributed by atoms with E-state index in [0.29, 0.717) is 0 Å². The summed E-state index contributed by atoms with van der Waals surface area (Å²) in [5.41, 5.74) is 9.26. The fourth-order valence-electron chi connectivity index (χ4n) is 3.63. The van der Waals surface area contributed by atoms with Gasteiger partial charge in [0.05, 0.1) is 0 Å². The van der Waals surface area contributed by atoms with E-state index in [1.54, 1.807) is 11.1 Å². The van der Waals surface area contributed by atoms with Crippen LogP contribution in [-0.4, -0.2) is 11.5 Å². The standard InChI is InChI=1S/C20H20S/c1-3-7-18-15(5-1)9-10-16-6-2-4-8-19(16)20(18)17-11-13-21-14-12-17/h1-8H,9-14H2. The molecule has 0 bridgehead atoms. The molecule has 106 valence electrons. The van der Waals surface area contributed by atoms with Crippen LogP contribution in [0, 0.1) is 0 Å². The molecule has 0 radical (unpaired) electrons. The molecule has 1 heteroatoms. The number of benzene rings is 2. The van der Waals surface area contributed by atoms with Crippen molar-refractivity contribution in [3.63, 3.8) is 0 Å². The van der Waals surface area contributed by atoms with Crippen LogP contribution < -0.4 is 0 Å². The highest BCUT2D eigenvalue weighted by Gasteiger charge is 2.21. The maximum atomic E-state index is 2.33. The van der Waals surface area contributed by atoms with Gasteiger partial charge in [0.25, 0.3) is 0 Å². The Hall–Kier alpha value is -1.47. The minimum Gasteiger partial charge on any atom is -0.161 e. The highest BCUT2D eigenvalue weighted by molar-refractivity contribution is 7.99. The Morgan fingerprint density at radius 1 is 0.619 bits per heavy atom. The molecule has 0 nitrogen and oxygen atoms in total. The summed E-state index contributed by atoms with van der Waals surface area (Å²) in [5, 5.41) is 0. The average molecular weight is 292 g/mol. The predicted molar refractivity (Wildman–Crippen MR) is 92.9 cm³/mol. The molecule has 0 spiro atoms. The molecule has 1 fully saturated rings. The van der Waals surface area contributed by atoms with Crippen molar-refractivity contribution in [1.82, 2.24) is 0 Å². The highest BCUT2D eigenvalue weighted by Crippen LogP contribution is 2.39. The maximum Gasteiger partial charge on any atom is -0.00298 e. The van der Waals surface area contributed by atoms with Crippen LogP contribution in [0.25, 0.3) is 5.57 Å². The molecule has 1 heterocycles. The molecular weight excluding hydrogens is 272 g/mol. The number of aryl methyl sites for hydroxylation is 2. The first-order valence-corrected chi connectivity index (χ1v) is 9.05. The van der Waals surface area contributed by atoms with Gasteiger partial charge in [-0.1, -0.05) is 54.1 Å². The summed E-state index contributed by atoms with van der Waals surface area (Å²) < 4.78 is 0. The smallest absolute Gasteiger partial charge is 0.00298 e. The molecular formula is C20H20S. The van der Waals surface area contributed by atoms with E-state index in [1.807, 2.05) is 0 Å². The lowest BCUT2D eigenvalue weighted by Crippen LogP contribution is -2.04. The van der Waals surface area contributed by atoms with E-state index in [0.717, 1.165) is 0 Å². The summed E-state index contributed by atoms with van der Waals surface area (Å²) in [6.07, 6.45) is 4.84. The Labute approximate surface area is 131 Å². The van der Waals surface area contributed by atoms with Crippen molar-refractivity contribution < 1.29 is 0 Å². The second kappa shape index (κ2) is 5.73. The molecule has 0 N–H and O–H groups in total. The van der Waals surface area contributed by atoms with Gasteiger partial charge in [0, 0.05) is 0 Å². The lowest BCUT2D eigenvalue weighted by Gasteiger charge is -2.21. The Balaban J connectivity index is 1.98. The van der Waals surface area contributed by atoms with Gasteiger partial charge in [-0.3, -0.25) is 0 Å². The number of allylic oxidation sites excluding steroid dienone is 1. The molecule has 1 aliphatic carbocycles. The molecule has 2 aromatic carbocycles. The van der Waals surface area contributed by atoms with E-state index < -0.39 is 0 Å². The third-order valence-electron chi connectivity index (χ3n) is 4.69. The normalized spacial score (nSPS) is 17.9. The Kier molecular flexibility index (Phi) is 3.60. The van der Waals surface area contributed by atoms with Gasteiger partial charge < -0.3 is 0 Å². The van der Waals surface area contributed by atoms with Crippen molar-refractivity contribution in [1.29, 1.82) is 0 Å². The van der Waals surface area contributed by atoms with Crippen LogP contribution >= 0.6 is 11.8 Å². The van der Waals surface area contributed by atoms with Gasteiger partial charge >= 0.3 is 0 Å². The monoisotopic (exact) mass is 292 g/mol. The minimum atomic E-state index is 1.17. The Morgan fingerprint density at radius 2 is 1.14 bits per heavy atom. The summed E-state index contributed by atoms with van der Waals surface area (Å²) >= 11 is 2.10. The second-order valence-electron chi connectivity index (χ2n) is 5.91. The molecule has 0 unspecified atom stereocenters. The summed E-state index contributed by atoms with van der Waals surface area (Å²) in [6, 6.07) is 18.1. The number of thioether (sulfide) groups is 1. The largest absolute Gasteiger partial charge is 0.161 e. The van der Waals surface area contributed by atoms with Gasteiger partial charge in [-0.15, -0.1) is 0 Å². The number of fused-ring (bicyclic) bond motifs is 2. The molecule has 1 aliphatic heterocycles. The quantitative estimate of drug-likeness (QED) is 0.650. The predicted octanol–water partition coefficient (Wildman–Crippen LogP) is 5.11. The average Bonchev–Trinajstić information content (AvgIpc) is 2.72. The Bertz CT molecular complexity index is 639. The molecule has 2 aromatic rings. The molecule has 21 heavy (non-hydrogen) atoms. The third kappa shape index (κ3) is 2.44. The first-order chi connectivity index (χ1) is 10.4. The minimum absolute atomic E-state index is 1.17. The molecule has 0 aromatic heterocycles. The van der Waals surface area contributed by atoms with Crippen molar-refractivity contribution in [3.05, 3.63) is 76.4 Å².